The quantitative estimate of drug-likeness (QED) is 0.309. The van der Waals surface area contributed by atoms with Crippen molar-refractivity contribution in [3.8, 4) is 0 Å². The Morgan fingerprint density at radius 2 is 2.06 bits per heavy atom. The lowest BCUT2D eigenvalue weighted by molar-refractivity contribution is -0.137. The van der Waals surface area contributed by atoms with Gasteiger partial charge in [-0.05, 0) is 75.1 Å². The lowest BCUT2D eigenvalue weighted by Gasteiger charge is -2.29. The van der Waals surface area contributed by atoms with E-state index in [2.05, 4.69) is 30.6 Å². The zero-order chi connectivity index (χ0) is 25.4. The Hall–Kier alpha value is -1.10. The molecule has 0 fully saturated rings. The van der Waals surface area contributed by atoms with Crippen LogP contribution in [0.25, 0.3) is 0 Å². The fourth-order valence-electron chi connectivity index (χ4n) is 3.87. The van der Waals surface area contributed by atoms with Gasteiger partial charge in [0.05, 0.1) is 11.0 Å². The normalized spacial score (nSPS) is 17.4. The first-order chi connectivity index (χ1) is 15.9. The van der Waals surface area contributed by atoms with Gasteiger partial charge in [0.2, 0.25) is 10.0 Å². The fraction of sp³-hybridized carbons (Fsp3) is 0.625. The van der Waals surface area contributed by atoms with E-state index in [4.69, 9.17) is 16.7 Å². The van der Waals surface area contributed by atoms with Crippen LogP contribution in [0.15, 0.2) is 34.6 Å². The third-order valence-corrected chi connectivity index (χ3v) is 9.06. The van der Waals surface area contributed by atoms with Gasteiger partial charge < -0.3 is 15.5 Å². The van der Waals surface area contributed by atoms with Crippen LogP contribution in [0, 0.1) is 0 Å². The zero-order valence-electron chi connectivity index (χ0n) is 20.2. The lowest BCUT2D eigenvalue weighted by Crippen LogP contribution is -2.46. The number of thioether (sulfide) groups is 1. The Labute approximate surface area is 213 Å². The standard InChI is InChI=1S/C24H37ClN2O5S2/c1-24(2,11-5-8-21-9-6-12-33-21)26-16-20(28)17-27(3)34(31,32)22-14-18(13-19(25)15-22)7-4-10-23(29)30/h6,12-15,20-21,26,28H,4-5,7-11,16-17H2,1-3H3,(H,29,30)/t20-,21?/m1/s1. The maximum atomic E-state index is 13.1. The Bertz CT molecular complexity index is 945. The number of aliphatic hydroxyl groups is 1. The van der Waals surface area contributed by atoms with Crippen LogP contribution in [0.2, 0.25) is 5.02 Å². The highest BCUT2D eigenvalue weighted by atomic mass is 35.5. The molecule has 1 heterocycles. The number of aryl methyl sites for hydroxylation is 1. The van der Waals surface area contributed by atoms with Crippen molar-refractivity contribution in [3.05, 3.63) is 40.3 Å². The molecule has 1 aromatic rings. The average molecular weight is 533 g/mol. The Balaban J connectivity index is 1.87. The van der Waals surface area contributed by atoms with Crippen LogP contribution >= 0.6 is 23.4 Å². The first-order valence-electron chi connectivity index (χ1n) is 11.6. The second-order valence-electron chi connectivity index (χ2n) is 9.50. The number of hydrogen-bond donors (Lipinski definition) is 3. The number of carbonyl (C=O) groups is 1. The molecular weight excluding hydrogens is 496 g/mol. The summed E-state index contributed by atoms with van der Waals surface area (Å²) < 4.78 is 27.2. The molecule has 0 aliphatic carbocycles. The number of nitrogens with one attached hydrogen (secondary N) is 1. The van der Waals surface area contributed by atoms with Gasteiger partial charge >= 0.3 is 5.97 Å². The van der Waals surface area contributed by atoms with Crippen LogP contribution in [-0.2, 0) is 21.2 Å². The molecule has 7 nitrogen and oxygen atoms in total. The minimum Gasteiger partial charge on any atom is -0.481 e. The van der Waals surface area contributed by atoms with E-state index >= 15 is 0 Å². The van der Waals surface area contributed by atoms with Crippen molar-refractivity contribution in [2.24, 2.45) is 0 Å². The maximum absolute atomic E-state index is 13.1. The number of allylic oxidation sites excluding steroid dienone is 1. The maximum Gasteiger partial charge on any atom is 0.303 e. The number of benzene rings is 1. The largest absolute Gasteiger partial charge is 0.481 e. The van der Waals surface area contributed by atoms with E-state index < -0.39 is 22.1 Å². The lowest BCUT2D eigenvalue weighted by atomic mass is 9.96. The van der Waals surface area contributed by atoms with E-state index in [1.165, 1.54) is 19.2 Å². The minimum absolute atomic E-state index is 0.000786. The Kier molecular flexibility index (Phi) is 11.4. The van der Waals surface area contributed by atoms with E-state index in [1.54, 1.807) is 6.07 Å². The highest BCUT2D eigenvalue weighted by molar-refractivity contribution is 8.03. The van der Waals surface area contributed by atoms with Crippen molar-refractivity contribution < 1.29 is 23.4 Å². The second kappa shape index (κ2) is 13.3. The van der Waals surface area contributed by atoms with Crippen LogP contribution < -0.4 is 5.32 Å². The summed E-state index contributed by atoms with van der Waals surface area (Å²) in [6.45, 7) is 4.41. The van der Waals surface area contributed by atoms with Gasteiger partial charge in [-0.25, -0.2) is 8.42 Å². The number of carboxylic acids is 1. The van der Waals surface area contributed by atoms with Crippen molar-refractivity contribution in [1.82, 2.24) is 9.62 Å². The number of nitrogens with zero attached hydrogens (tertiary/aromatic N) is 1. The first-order valence-corrected chi connectivity index (χ1v) is 14.4. The van der Waals surface area contributed by atoms with Gasteiger partial charge in [-0.1, -0.05) is 24.1 Å². The van der Waals surface area contributed by atoms with Crippen molar-refractivity contribution >= 4 is 39.4 Å². The van der Waals surface area contributed by atoms with Crippen LogP contribution in [0.4, 0.5) is 0 Å². The minimum atomic E-state index is -3.86. The van der Waals surface area contributed by atoms with Crippen molar-refractivity contribution in [3.63, 3.8) is 0 Å². The molecule has 1 aliphatic rings. The second-order valence-corrected chi connectivity index (χ2v) is 13.2. The molecule has 192 valence electrons. The summed E-state index contributed by atoms with van der Waals surface area (Å²) in [6, 6.07) is 4.54. The number of sulfonamides is 1. The average Bonchev–Trinajstić information content (AvgIpc) is 3.25. The molecular formula is C24H37ClN2O5S2. The van der Waals surface area contributed by atoms with Crippen molar-refractivity contribution in [2.75, 3.05) is 20.1 Å². The molecule has 1 aliphatic heterocycles. The number of hydrogen-bond acceptors (Lipinski definition) is 6. The Morgan fingerprint density at radius 1 is 1.32 bits per heavy atom. The highest BCUT2D eigenvalue weighted by Gasteiger charge is 2.26. The van der Waals surface area contributed by atoms with E-state index in [9.17, 15) is 18.3 Å². The predicted molar refractivity (Wildman–Crippen MR) is 139 cm³/mol. The molecule has 0 spiro atoms. The summed E-state index contributed by atoms with van der Waals surface area (Å²) in [7, 11) is -2.43. The van der Waals surface area contributed by atoms with E-state index in [-0.39, 0.29) is 35.0 Å². The number of aliphatic carboxylic acids is 1. The van der Waals surface area contributed by atoms with Gasteiger partial charge in [0, 0.05) is 42.4 Å². The molecule has 1 aromatic carbocycles. The summed E-state index contributed by atoms with van der Waals surface area (Å²) in [6.07, 6.45) is 6.50. The third-order valence-electron chi connectivity index (χ3n) is 5.87. The van der Waals surface area contributed by atoms with Gasteiger partial charge in [-0.3, -0.25) is 4.79 Å². The highest BCUT2D eigenvalue weighted by Crippen LogP contribution is 2.29. The van der Waals surface area contributed by atoms with Crippen molar-refractivity contribution in [1.29, 1.82) is 0 Å². The SMILES string of the molecule is CN(C[C@H](O)CNC(C)(C)CCCC1CC=CS1)S(=O)(=O)c1cc(Cl)cc(CCCC(=O)O)c1. The molecule has 0 saturated carbocycles. The number of carboxylic acid groups (broad SMARTS) is 1. The van der Waals surface area contributed by atoms with Crippen molar-refractivity contribution in [2.45, 2.75) is 80.6 Å². The van der Waals surface area contributed by atoms with E-state index in [1.807, 2.05) is 11.8 Å². The van der Waals surface area contributed by atoms with Gasteiger partial charge in [0.15, 0.2) is 0 Å². The number of β-amino-alcohol motifs (C(OH)–C–C–N with tert-alkyl or cyclic N) is 1. The molecule has 2 atom stereocenters. The summed E-state index contributed by atoms with van der Waals surface area (Å²) in [5, 5.41) is 25.8. The van der Waals surface area contributed by atoms with Crippen LogP contribution in [0.1, 0.15) is 57.9 Å². The number of aliphatic hydroxyl groups excluding tert-OH is 1. The molecule has 0 amide bonds. The third kappa shape index (κ3) is 9.87. The van der Waals surface area contributed by atoms with E-state index in [0.29, 0.717) is 23.7 Å². The summed E-state index contributed by atoms with van der Waals surface area (Å²) in [5.74, 6) is -0.898. The summed E-state index contributed by atoms with van der Waals surface area (Å²) >= 11 is 8.02. The van der Waals surface area contributed by atoms with Gasteiger partial charge in [-0.2, -0.15) is 4.31 Å². The molecule has 0 aromatic heterocycles. The molecule has 0 saturated heterocycles. The predicted octanol–water partition coefficient (Wildman–Crippen LogP) is 4.29. The molecule has 10 heteroatoms. The van der Waals surface area contributed by atoms with Gasteiger partial charge in [0.1, 0.15) is 0 Å². The number of likely N-dealkylation sites (N-methyl/N-ethyl adjacent to an activating group) is 1. The van der Waals surface area contributed by atoms with Gasteiger partial charge in [-0.15, -0.1) is 11.8 Å². The first kappa shape index (κ1) is 29.1. The molecule has 2 rings (SSSR count). The fourth-order valence-corrected chi connectivity index (χ4v) is 6.46. The topological polar surface area (TPSA) is 107 Å². The zero-order valence-corrected chi connectivity index (χ0v) is 22.6. The molecule has 1 unspecified atom stereocenters. The van der Waals surface area contributed by atoms with Crippen LogP contribution in [0.5, 0.6) is 0 Å². The number of halogens is 1. The Morgan fingerprint density at radius 3 is 2.71 bits per heavy atom. The van der Waals surface area contributed by atoms with E-state index in [0.717, 1.165) is 30.0 Å². The molecule has 3 N–H and O–H groups in total. The van der Waals surface area contributed by atoms with Crippen LogP contribution in [-0.4, -0.2) is 65.9 Å². The number of rotatable bonds is 15. The summed E-state index contributed by atoms with van der Waals surface area (Å²) in [5.41, 5.74) is 0.504. The monoisotopic (exact) mass is 532 g/mol. The molecule has 0 radical (unpaired) electrons. The summed E-state index contributed by atoms with van der Waals surface area (Å²) in [4.78, 5) is 10.8. The molecule has 0 bridgehead atoms. The smallest absolute Gasteiger partial charge is 0.303 e. The van der Waals surface area contributed by atoms with Crippen LogP contribution in [0.3, 0.4) is 0 Å². The molecule has 34 heavy (non-hydrogen) atoms. The van der Waals surface area contributed by atoms with Gasteiger partial charge in [0.25, 0.3) is 0 Å².